The molecule has 17 heavy (non-hydrogen) atoms. The van der Waals surface area contributed by atoms with Crippen molar-refractivity contribution >= 4 is 0 Å². The Morgan fingerprint density at radius 3 is 2.35 bits per heavy atom. The minimum absolute atomic E-state index is 0.240. The average Bonchev–Trinajstić information content (AvgIpc) is 2.29. The van der Waals surface area contributed by atoms with E-state index in [-0.39, 0.29) is 5.54 Å². The maximum absolute atomic E-state index is 6.11. The molecule has 0 aromatic carbocycles. The quantitative estimate of drug-likeness (QED) is 0.792. The Bertz CT molecular complexity index is 243. The normalized spacial score (nSPS) is 34.8. The van der Waals surface area contributed by atoms with Crippen molar-refractivity contribution in [3.8, 4) is 0 Å². The Balaban J connectivity index is 1.97. The van der Waals surface area contributed by atoms with Gasteiger partial charge >= 0.3 is 0 Å². The summed E-state index contributed by atoms with van der Waals surface area (Å²) in [6, 6.07) is 0.737. The molecule has 2 heteroatoms. The summed E-state index contributed by atoms with van der Waals surface area (Å²) in [6.07, 6.45) is 12.2. The van der Waals surface area contributed by atoms with Crippen molar-refractivity contribution in [3.05, 3.63) is 0 Å². The van der Waals surface area contributed by atoms with E-state index < -0.39 is 0 Å². The van der Waals surface area contributed by atoms with E-state index in [9.17, 15) is 0 Å². The van der Waals surface area contributed by atoms with Gasteiger partial charge < -0.3 is 11.1 Å². The number of hydrogen-bond acceptors (Lipinski definition) is 2. The largest absolute Gasteiger partial charge is 0.329 e. The van der Waals surface area contributed by atoms with Crippen LogP contribution < -0.4 is 11.1 Å². The van der Waals surface area contributed by atoms with Gasteiger partial charge in [0.25, 0.3) is 0 Å². The molecule has 2 rings (SSSR count). The maximum Gasteiger partial charge on any atom is 0.0311 e. The van der Waals surface area contributed by atoms with Crippen LogP contribution >= 0.6 is 0 Å². The lowest BCUT2D eigenvalue weighted by Crippen LogP contribution is -2.59. The van der Waals surface area contributed by atoms with E-state index >= 15 is 0 Å². The number of hydrogen-bond donors (Lipinski definition) is 2. The summed E-state index contributed by atoms with van der Waals surface area (Å²) in [7, 11) is 0. The monoisotopic (exact) mass is 238 g/mol. The van der Waals surface area contributed by atoms with Crippen LogP contribution in [0.15, 0.2) is 0 Å². The van der Waals surface area contributed by atoms with Gasteiger partial charge in [-0.05, 0) is 37.5 Å². The molecule has 1 unspecified atom stereocenters. The van der Waals surface area contributed by atoms with Crippen LogP contribution in [0.3, 0.4) is 0 Å². The molecule has 0 radical (unpaired) electrons. The van der Waals surface area contributed by atoms with Gasteiger partial charge in [-0.25, -0.2) is 0 Å². The Labute approximate surface area is 107 Å². The molecule has 100 valence electrons. The molecule has 0 aromatic rings. The summed E-state index contributed by atoms with van der Waals surface area (Å²) in [5.74, 6) is 0. The zero-order chi connectivity index (χ0) is 12.4. The first-order chi connectivity index (χ1) is 8.05. The Kier molecular flexibility index (Phi) is 4.14. The van der Waals surface area contributed by atoms with Gasteiger partial charge in [0.05, 0.1) is 0 Å². The van der Waals surface area contributed by atoms with Crippen molar-refractivity contribution < 1.29 is 0 Å². The Morgan fingerprint density at radius 2 is 1.76 bits per heavy atom. The molecule has 2 saturated carbocycles. The van der Waals surface area contributed by atoms with E-state index in [1.165, 1.54) is 57.8 Å². The van der Waals surface area contributed by atoms with Gasteiger partial charge in [-0.2, -0.15) is 0 Å². The molecule has 3 N–H and O–H groups in total. The Hall–Kier alpha value is -0.0800. The van der Waals surface area contributed by atoms with E-state index in [0.29, 0.717) is 5.41 Å². The number of rotatable bonds is 3. The zero-order valence-electron chi connectivity index (χ0n) is 11.7. The van der Waals surface area contributed by atoms with E-state index in [4.69, 9.17) is 5.73 Å². The molecule has 0 amide bonds. The second-order valence-corrected chi connectivity index (χ2v) is 7.16. The van der Waals surface area contributed by atoms with Gasteiger partial charge in [-0.3, -0.25) is 0 Å². The van der Waals surface area contributed by atoms with E-state index in [1.807, 2.05) is 0 Å². The highest BCUT2D eigenvalue weighted by Gasteiger charge is 2.40. The van der Waals surface area contributed by atoms with Gasteiger partial charge in [0.2, 0.25) is 0 Å². The fraction of sp³-hybridized carbons (Fsp3) is 1.00. The van der Waals surface area contributed by atoms with Crippen LogP contribution in [0.4, 0.5) is 0 Å². The van der Waals surface area contributed by atoms with Crippen LogP contribution in [0.1, 0.15) is 71.6 Å². The topological polar surface area (TPSA) is 38.0 Å². The summed E-state index contributed by atoms with van der Waals surface area (Å²) in [4.78, 5) is 0. The van der Waals surface area contributed by atoms with Gasteiger partial charge in [-0.15, -0.1) is 0 Å². The van der Waals surface area contributed by atoms with Crippen LogP contribution in [0.5, 0.6) is 0 Å². The third kappa shape index (κ3) is 3.45. The summed E-state index contributed by atoms with van der Waals surface area (Å²) >= 11 is 0. The molecule has 0 heterocycles. The van der Waals surface area contributed by atoms with Gasteiger partial charge in [-0.1, -0.05) is 39.5 Å². The second kappa shape index (κ2) is 5.27. The molecule has 2 aliphatic carbocycles. The van der Waals surface area contributed by atoms with Crippen LogP contribution in [0.25, 0.3) is 0 Å². The standard InChI is InChI=1S/C15H30N2/c1-14(2)9-6-10-15(11-14,12-16)17-13-7-4-3-5-8-13/h13,17H,3-12,16H2,1-2H3. The predicted octanol–water partition coefficient (Wildman–Crippen LogP) is 3.21. The fourth-order valence-electron chi connectivity index (χ4n) is 4.03. The number of nitrogens with one attached hydrogen (secondary N) is 1. The molecule has 1 atom stereocenters. The third-order valence-electron chi connectivity index (χ3n) is 4.83. The first-order valence-corrected chi connectivity index (χ1v) is 7.53. The molecule has 0 aliphatic heterocycles. The smallest absolute Gasteiger partial charge is 0.0311 e. The lowest BCUT2D eigenvalue weighted by molar-refractivity contribution is 0.106. The van der Waals surface area contributed by atoms with Crippen molar-refractivity contribution in [3.63, 3.8) is 0 Å². The lowest BCUT2D eigenvalue weighted by Gasteiger charge is -2.47. The van der Waals surface area contributed by atoms with Crippen molar-refractivity contribution in [2.75, 3.05) is 6.54 Å². The summed E-state index contributed by atoms with van der Waals surface area (Å²) in [5.41, 5.74) is 6.83. The maximum atomic E-state index is 6.11. The lowest BCUT2D eigenvalue weighted by atomic mass is 9.67. The summed E-state index contributed by atoms with van der Waals surface area (Å²) < 4.78 is 0. The summed E-state index contributed by atoms with van der Waals surface area (Å²) in [6.45, 7) is 5.62. The fourth-order valence-corrected chi connectivity index (χ4v) is 4.03. The first kappa shape index (κ1) is 13.4. The van der Waals surface area contributed by atoms with Gasteiger partial charge in [0, 0.05) is 18.1 Å². The highest BCUT2D eigenvalue weighted by atomic mass is 15.0. The SMILES string of the molecule is CC1(C)CCCC(CN)(NC2CCCCC2)C1. The molecular weight excluding hydrogens is 208 g/mol. The van der Waals surface area contributed by atoms with Gasteiger partial charge in [0.15, 0.2) is 0 Å². The minimum atomic E-state index is 0.240. The van der Waals surface area contributed by atoms with E-state index in [0.717, 1.165) is 12.6 Å². The van der Waals surface area contributed by atoms with Crippen molar-refractivity contribution in [2.45, 2.75) is 83.2 Å². The Morgan fingerprint density at radius 1 is 1.06 bits per heavy atom. The van der Waals surface area contributed by atoms with Crippen molar-refractivity contribution in [1.29, 1.82) is 0 Å². The van der Waals surface area contributed by atoms with E-state index in [2.05, 4.69) is 19.2 Å². The van der Waals surface area contributed by atoms with Crippen molar-refractivity contribution in [1.82, 2.24) is 5.32 Å². The molecule has 0 saturated heterocycles. The van der Waals surface area contributed by atoms with Crippen LogP contribution in [0, 0.1) is 5.41 Å². The predicted molar refractivity (Wildman–Crippen MR) is 74.0 cm³/mol. The molecule has 0 spiro atoms. The van der Waals surface area contributed by atoms with Crippen LogP contribution in [-0.2, 0) is 0 Å². The highest BCUT2D eigenvalue weighted by molar-refractivity contribution is 4.99. The molecule has 2 fully saturated rings. The molecule has 2 aliphatic rings. The third-order valence-corrected chi connectivity index (χ3v) is 4.83. The van der Waals surface area contributed by atoms with Gasteiger partial charge in [0.1, 0.15) is 0 Å². The van der Waals surface area contributed by atoms with E-state index in [1.54, 1.807) is 0 Å². The second-order valence-electron chi connectivity index (χ2n) is 7.16. The average molecular weight is 238 g/mol. The first-order valence-electron chi connectivity index (χ1n) is 7.53. The highest BCUT2D eigenvalue weighted by Crippen LogP contribution is 2.41. The minimum Gasteiger partial charge on any atom is -0.329 e. The molecule has 0 bridgehead atoms. The molecule has 2 nitrogen and oxygen atoms in total. The zero-order valence-corrected chi connectivity index (χ0v) is 11.7. The molecular formula is C15H30N2. The summed E-state index contributed by atoms with van der Waals surface area (Å²) in [5, 5.41) is 3.95. The van der Waals surface area contributed by atoms with Crippen molar-refractivity contribution in [2.24, 2.45) is 11.1 Å². The number of nitrogens with two attached hydrogens (primary N) is 1. The van der Waals surface area contributed by atoms with Crippen LogP contribution in [0.2, 0.25) is 0 Å². The van der Waals surface area contributed by atoms with Crippen LogP contribution in [-0.4, -0.2) is 18.1 Å². The molecule has 0 aromatic heterocycles.